The van der Waals surface area contributed by atoms with Crippen LogP contribution in [-0.4, -0.2) is 26.2 Å². The Morgan fingerprint density at radius 1 is 0.955 bits per heavy atom. The molecular formula is C20H28N2. The molecule has 0 aliphatic heterocycles. The highest BCUT2D eigenvalue weighted by Gasteiger charge is 2.16. The third-order valence-electron chi connectivity index (χ3n) is 4.95. The molecule has 0 amide bonds. The molecular weight excluding hydrogens is 268 g/mol. The van der Waals surface area contributed by atoms with Crippen LogP contribution in [-0.2, 0) is 0 Å². The highest BCUT2D eigenvalue weighted by Crippen LogP contribution is 2.23. The van der Waals surface area contributed by atoms with E-state index in [-0.39, 0.29) is 0 Å². The number of hydrogen-bond acceptors (Lipinski definition) is 2. The van der Waals surface area contributed by atoms with E-state index in [0.29, 0.717) is 5.92 Å². The highest BCUT2D eigenvalue weighted by molar-refractivity contribution is 5.83. The standard InChI is InChI=1S/C20H28N2/c1-21-14-19(15-22-20-9-3-2-4-10-20)18-12-11-16-7-5-6-8-17(16)13-18/h5-8,11-13,19-22H,2-4,9-10,14-15H2,1H3. The molecule has 118 valence electrons. The lowest BCUT2D eigenvalue weighted by Gasteiger charge is -2.26. The summed E-state index contributed by atoms with van der Waals surface area (Å²) in [6.07, 6.45) is 6.91. The highest BCUT2D eigenvalue weighted by atomic mass is 14.9. The fourth-order valence-electron chi connectivity index (χ4n) is 3.63. The van der Waals surface area contributed by atoms with Crippen molar-refractivity contribution < 1.29 is 0 Å². The van der Waals surface area contributed by atoms with Crippen LogP contribution in [0, 0.1) is 0 Å². The Morgan fingerprint density at radius 3 is 2.50 bits per heavy atom. The van der Waals surface area contributed by atoms with Crippen LogP contribution >= 0.6 is 0 Å². The van der Waals surface area contributed by atoms with Crippen LogP contribution in [0.1, 0.15) is 43.6 Å². The number of nitrogens with one attached hydrogen (secondary N) is 2. The van der Waals surface area contributed by atoms with E-state index in [0.717, 1.165) is 19.1 Å². The van der Waals surface area contributed by atoms with Crippen LogP contribution in [0.5, 0.6) is 0 Å². The van der Waals surface area contributed by atoms with E-state index in [1.807, 2.05) is 0 Å². The summed E-state index contributed by atoms with van der Waals surface area (Å²) < 4.78 is 0. The van der Waals surface area contributed by atoms with Crippen LogP contribution in [0.4, 0.5) is 0 Å². The van der Waals surface area contributed by atoms with Gasteiger partial charge < -0.3 is 10.6 Å². The average Bonchev–Trinajstić information content (AvgIpc) is 2.59. The Kier molecular flexibility index (Phi) is 5.47. The first-order valence-electron chi connectivity index (χ1n) is 8.73. The maximum absolute atomic E-state index is 3.81. The van der Waals surface area contributed by atoms with E-state index in [2.05, 4.69) is 60.1 Å². The molecule has 1 atom stereocenters. The van der Waals surface area contributed by atoms with Crippen molar-refractivity contribution >= 4 is 10.8 Å². The summed E-state index contributed by atoms with van der Waals surface area (Å²) in [5, 5.41) is 9.85. The molecule has 2 nitrogen and oxygen atoms in total. The number of benzene rings is 2. The molecule has 1 aliphatic rings. The fourth-order valence-corrected chi connectivity index (χ4v) is 3.63. The van der Waals surface area contributed by atoms with Crippen LogP contribution in [0.2, 0.25) is 0 Å². The molecule has 3 rings (SSSR count). The Bertz CT molecular complexity index is 587. The molecule has 0 heterocycles. The van der Waals surface area contributed by atoms with E-state index < -0.39 is 0 Å². The molecule has 1 fully saturated rings. The Hall–Kier alpha value is -1.38. The van der Waals surface area contributed by atoms with Crippen molar-refractivity contribution in [3.63, 3.8) is 0 Å². The molecule has 0 saturated heterocycles. The van der Waals surface area contributed by atoms with E-state index in [9.17, 15) is 0 Å². The van der Waals surface area contributed by atoms with Gasteiger partial charge >= 0.3 is 0 Å². The normalized spacial score (nSPS) is 17.7. The third kappa shape index (κ3) is 3.88. The summed E-state index contributed by atoms with van der Waals surface area (Å²) >= 11 is 0. The largest absolute Gasteiger partial charge is 0.319 e. The fraction of sp³-hybridized carbons (Fsp3) is 0.500. The molecule has 2 heteroatoms. The van der Waals surface area contributed by atoms with Gasteiger partial charge in [0.15, 0.2) is 0 Å². The number of fused-ring (bicyclic) bond motifs is 1. The van der Waals surface area contributed by atoms with Gasteiger partial charge in [0.1, 0.15) is 0 Å². The number of likely N-dealkylation sites (N-methyl/N-ethyl adjacent to an activating group) is 1. The first kappa shape index (κ1) is 15.5. The van der Waals surface area contributed by atoms with Gasteiger partial charge in [-0.3, -0.25) is 0 Å². The molecule has 22 heavy (non-hydrogen) atoms. The van der Waals surface area contributed by atoms with E-state index in [4.69, 9.17) is 0 Å². The predicted molar refractivity (Wildman–Crippen MR) is 95.5 cm³/mol. The molecule has 1 saturated carbocycles. The molecule has 2 N–H and O–H groups in total. The van der Waals surface area contributed by atoms with Gasteiger partial charge in [-0.25, -0.2) is 0 Å². The molecule has 0 aromatic heterocycles. The second-order valence-corrected chi connectivity index (χ2v) is 6.60. The second kappa shape index (κ2) is 7.75. The van der Waals surface area contributed by atoms with Crippen LogP contribution in [0.3, 0.4) is 0 Å². The topological polar surface area (TPSA) is 24.1 Å². The lowest BCUT2D eigenvalue weighted by atomic mass is 9.93. The van der Waals surface area contributed by atoms with Crippen molar-refractivity contribution in [2.75, 3.05) is 20.1 Å². The number of hydrogen-bond donors (Lipinski definition) is 2. The molecule has 1 aliphatic carbocycles. The van der Waals surface area contributed by atoms with Gasteiger partial charge in [0.25, 0.3) is 0 Å². The Morgan fingerprint density at radius 2 is 1.73 bits per heavy atom. The van der Waals surface area contributed by atoms with E-state index in [1.54, 1.807) is 0 Å². The zero-order valence-corrected chi connectivity index (χ0v) is 13.6. The molecule has 2 aromatic rings. The van der Waals surface area contributed by atoms with Crippen molar-refractivity contribution in [1.29, 1.82) is 0 Å². The zero-order chi connectivity index (χ0) is 15.2. The number of rotatable bonds is 6. The van der Waals surface area contributed by atoms with Gasteiger partial charge in [-0.15, -0.1) is 0 Å². The average molecular weight is 296 g/mol. The third-order valence-corrected chi connectivity index (χ3v) is 4.95. The molecule has 2 aromatic carbocycles. The first-order chi connectivity index (χ1) is 10.9. The van der Waals surface area contributed by atoms with Gasteiger partial charge in [-0.2, -0.15) is 0 Å². The summed E-state index contributed by atoms with van der Waals surface area (Å²) in [4.78, 5) is 0. The monoisotopic (exact) mass is 296 g/mol. The summed E-state index contributed by atoms with van der Waals surface area (Å²) in [7, 11) is 2.05. The SMILES string of the molecule is CNCC(CNC1CCCCC1)c1ccc2ccccc2c1. The summed E-state index contributed by atoms with van der Waals surface area (Å²) in [5.74, 6) is 0.538. The van der Waals surface area contributed by atoms with Crippen molar-refractivity contribution in [1.82, 2.24) is 10.6 Å². The maximum atomic E-state index is 3.81. The molecule has 0 bridgehead atoms. The zero-order valence-electron chi connectivity index (χ0n) is 13.6. The van der Waals surface area contributed by atoms with Gasteiger partial charge in [0.05, 0.1) is 0 Å². The summed E-state index contributed by atoms with van der Waals surface area (Å²) in [5.41, 5.74) is 1.44. The van der Waals surface area contributed by atoms with Crippen molar-refractivity contribution in [3.8, 4) is 0 Å². The maximum Gasteiger partial charge on any atom is 0.00887 e. The Balaban J connectivity index is 1.70. The minimum absolute atomic E-state index is 0.538. The van der Waals surface area contributed by atoms with Crippen molar-refractivity contribution in [2.24, 2.45) is 0 Å². The van der Waals surface area contributed by atoms with E-state index in [1.165, 1.54) is 48.4 Å². The van der Waals surface area contributed by atoms with Crippen LogP contribution < -0.4 is 10.6 Å². The Labute approximate surface area is 134 Å². The smallest absolute Gasteiger partial charge is 0.00887 e. The lowest BCUT2D eigenvalue weighted by Crippen LogP contribution is -2.36. The molecule has 0 radical (unpaired) electrons. The lowest BCUT2D eigenvalue weighted by molar-refractivity contribution is 0.363. The van der Waals surface area contributed by atoms with Gasteiger partial charge in [-0.05, 0) is 36.2 Å². The minimum Gasteiger partial charge on any atom is -0.319 e. The van der Waals surface area contributed by atoms with Gasteiger partial charge in [0, 0.05) is 25.0 Å². The minimum atomic E-state index is 0.538. The summed E-state index contributed by atoms with van der Waals surface area (Å²) in [6.45, 7) is 2.10. The summed E-state index contributed by atoms with van der Waals surface area (Å²) in [6, 6.07) is 16.3. The molecule has 1 unspecified atom stereocenters. The van der Waals surface area contributed by atoms with Crippen molar-refractivity contribution in [2.45, 2.75) is 44.1 Å². The van der Waals surface area contributed by atoms with Crippen molar-refractivity contribution in [3.05, 3.63) is 48.0 Å². The first-order valence-corrected chi connectivity index (χ1v) is 8.73. The van der Waals surface area contributed by atoms with Crippen LogP contribution in [0.15, 0.2) is 42.5 Å². The van der Waals surface area contributed by atoms with Gasteiger partial charge in [-0.1, -0.05) is 61.7 Å². The second-order valence-electron chi connectivity index (χ2n) is 6.60. The van der Waals surface area contributed by atoms with Gasteiger partial charge in [0.2, 0.25) is 0 Å². The quantitative estimate of drug-likeness (QED) is 0.840. The predicted octanol–water partition coefficient (Wildman–Crippen LogP) is 4.07. The molecule has 0 spiro atoms. The van der Waals surface area contributed by atoms with E-state index >= 15 is 0 Å². The van der Waals surface area contributed by atoms with Crippen LogP contribution in [0.25, 0.3) is 10.8 Å².